The highest BCUT2D eigenvalue weighted by molar-refractivity contribution is 5.34. The fraction of sp³-hybridized carbons (Fsp3) is 0.600. The second kappa shape index (κ2) is 2.49. The van der Waals surface area contributed by atoms with Crippen LogP contribution in [0.3, 0.4) is 0 Å². The summed E-state index contributed by atoms with van der Waals surface area (Å²) >= 11 is 0. The summed E-state index contributed by atoms with van der Waals surface area (Å²) < 4.78 is 0. The van der Waals surface area contributed by atoms with Crippen LogP contribution in [0.15, 0.2) is 23.3 Å². The van der Waals surface area contributed by atoms with E-state index in [-0.39, 0.29) is 11.5 Å². The Labute approximate surface area is 69.0 Å². The fourth-order valence-electron chi connectivity index (χ4n) is 1.37. The van der Waals surface area contributed by atoms with Crippen LogP contribution in [0.2, 0.25) is 0 Å². The van der Waals surface area contributed by atoms with Gasteiger partial charge in [0, 0.05) is 11.5 Å². The van der Waals surface area contributed by atoms with Crippen LogP contribution in [-0.2, 0) is 0 Å². The molecule has 0 aromatic carbocycles. The van der Waals surface area contributed by atoms with Crippen molar-refractivity contribution in [1.82, 2.24) is 0 Å². The lowest BCUT2D eigenvalue weighted by Crippen LogP contribution is -2.38. The molecule has 2 N–H and O–H groups in total. The van der Waals surface area contributed by atoms with Gasteiger partial charge in [-0.25, -0.2) is 0 Å². The first-order valence-electron chi connectivity index (χ1n) is 4.08. The van der Waals surface area contributed by atoms with Gasteiger partial charge in [0.2, 0.25) is 0 Å². The molecule has 0 radical (unpaired) electrons. The van der Waals surface area contributed by atoms with E-state index in [4.69, 9.17) is 5.73 Å². The number of rotatable bonds is 0. The van der Waals surface area contributed by atoms with Crippen molar-refractivity contribution in [3.8, 4) is 0 Å². The zero-order chi connectivity index (χ0) is 8.65. The minimum absolute atomic E-state index is 0.138. The van der Waals surface area contributed by atoms with Gasteiger partial charge in [0.15, 0.2) is 0 Å². The summed E-state index contributed by atoms with van der Waals surface area (Å²) in [6, 6.07) is 0.172. The summed E-state index contributed by atoms with van der Waals surface area (Å²) in [6.07, 6.45) is 4.20. The van der Waals surface area contributed by atoms with Gasteiger partial charge in [-0.1, -0.05) is 37.1 Å². The van der Waals surface area contributed by atoms with Crippen LogP contribution in [0, 0.1) is 5.41 Å². The van der Waals surface area contributed by atoms with Crippen molar-refractivity contribution in [1.29, 1.82) is 0 Å². The zero-order valence-electron chi connectivity index (χ0n) is 7.81. The Bertz CT molecular complexity index is 221. The minimum atomic E-state index is 0.138. The quantitative estimate of drug-likeness (QED) is 0.564. The molecule has 0 fully saturated rings. The standard InChI is InChI=1S/C10H17N/c1-7-5-6-9(11)10(3,4)8(7)2/h5-6,9H,11H2,1-4H3. The van der Waals surface area contributed by atoms with E-state index >= 15 is 0 Å². The highest BCUT2D eigenvalue weighted by Crippen LogP contribution is 2.35. The third-order valence-electron chi connectivity index (χ3n) is 2.94. The summed E-state index contributed by atoms with van der Waals surface area (Å²) in [5, 5.41) is 0. The third-order valence-corrected chi connectivity index (χ3v) is 2.94. The molecule has 0 spiro atoms. The Morgan fingerprint density at radius 3 is 2.36 bits per heavy atom. The topological polar surface area (TPSA) is 26.0 Å². The van der Waals surface area contributed by atoms with E-state index in [0.717, 1.165) is 0 Å². The summed E-state index contributed by atoms with van der Waals surface area (Å²) in [6.45, 7) is 8.69. The largest absolute Gasteiger partial charge is 0.324 e. The van der Waals surface area contributed by atoms with Crippen LogP contribution >= 0.6 is 0 Å². The van der Waals surface area contributed by atoms with Gasteiger partial charge in [0.1, 0.15) is 0 Å². The zero-order valence-corrected chi connectivity index (χ0v) is 7.81. The van der Waals surface area contributed by atoms with Crippen molar-refractivity contribution in [2.45, 2.75) is 33.7 Å². The minimum Gasteiger partial charge on any atom is -0.324 e. The van der Waals surface area contributed by atoms with Crippen molar-refractivity contribution in [3.63, 3.8) is 0 Å². The number of allylic oxidation sites excluding steroid dienone is 2. The molecule has 1 aliphatic rings. The Morgan fingerprint density at radius 2 is 1.91 bits per heavy atom. The molecule has 0 saturated heterocycles. The molecule has 0 aromatic heterocycles. The van der Waals surface area contributed by atoms with E-state index in [9.17, 15) is 0 Å². The predicted octanol–water partition coefficient (Wildman–Crippen LogP) is 2.25. The first-order chi connectivity index (χ1) is 4.96. The van der Waals surface area contributed by atoms with Crippen molar-refractivity contribution >= 4 is 0 Å². The maximum atomic E-state index is 5.94. The Kier molecular flexibility index (Phi) is 1.93. The molecule has 0 aromatic rings. The lowest BCUT2D eigenvalue weighted by molar-refractivity contribution is 0.387. The summed E-state index contributed by atoms with van der Waals surface area (Å²) in [7, 11) is 0. The molecule has 0 aliphatic heterocycles. The lowest BCUT2D eigenvalue weighted by Gasteiger charge is -2.34. The second-order valence-electron chi connectivity index (χ2n) is 3.91. The van der Waals surface area contributed by atoms with E-state index in [0.29, 0.717) is 0 Å². The Morgan fingerprint density at radius 1 is 1.36 bits per heavy atom. The molecule has 0 amide bonds. The van der Waals surface area contributed by atoms with Crippen molar-refractivity contribution in [2.75, 3.05) is 0 Å². The normalized spacial score (nSPS) is 29.4. The molecule has 1 aliphatic carbocycles. The molecule has 1 nitrogen and oxygen atoms in total. The Balaban J connectivity index is 3.07. The molecule has 11 heavy (non-hydrogen) atoms. The van der Waals surface area contributed by atoms with E-state index < -0.39 is 0 Å². The SMILES string of the molecule is CC1=C(C)C(C)(C)C(N)C=C1. The number of hydrogen-bond donors (Lipinski definition) is 1. The van der Waals surface area contributed by atoms with Crippen LogP contribution in [0.1, 0.15) is 27.7 Å². The van der Waals surface area contributed by atoms with Gasteiger partial charge in [-0.3, -0.25) is 0 Å². The average molecular weight is 151 g/mol. The van der Waals surface area contributed by atoms with Gasteiger partial charge in [-0.2, -0.15) is 0 Å². The monoisotopic (exact) mass is 151 g/mol. The van der Waals surface area contributed by atoms with Crippen LogP contribution in [0.4, 0.5) is 0 Å². The highest BCUT2D eigenvalue weighted by atomic mass is 14.7. The molecule has 1 atom stereocenters. The first-order valence-corrected chi connectivity index (χ1v) is 4.08. The van der Waals surface area contributed by atoms with E-state index in [1.54, 1.807) is 0 Å². The van der Waals surface area contributed by atoms with Gasteiger partial charge in [-0.05, 0) is 13.8 Å². The van der Waals surface area contributed by atoms with Crippen molar-refractivity contribution in [3.05, 3.63) is 23.3 Å². The highest BCUT2D eigenvalue weighted by Gasteiger charge is 2.29. The summed E-state index contributed by atoms with van der Waals surface area (Å²) in [5.74, 6) is 0. The van der Waals surface area contributed by atoms with Gasteiger partial charge in [0.05, 0.1) is 0 Å². The van der Waals surface area contributed by atoms with Crippen molar-refractivity contribution < 1.29 is 0 Å². The van der Waals surface area contributed by atoms with Gasteiger partial charge >= 0.3 is 0 Å². The van der Waals surface area contributed by atoms with Gasteiger partial charge in [-0.15, -0.1) is 0 Å². The van der Waals surface area contributed by atoms with E-state index in [2.05, 4.69) is 39.8 Å². The van der Waals surface area contributed by atoms with Crippen LogP contribution in [0.25, 0.3) is 0 Å². The van der Waals surface area contributed by atoms with E-state index in [1.807, 2.05) is 0 Å². The molecule has 0 heterocycles. The molecule has 0 bridgehead atoms. The Hall–Kier alpha value is -0.560. The summed E-state index contributed by atoms with van der Waals surface area (Å²) in [5.41, 5.74) is 8.85. The van der Waals surface area contributed by atoms with Gasteiger partial charge in [0.25, 0.3) is 0 Å². The van der Waals surface area contributed by atoms with Crippen LogP contribution in [0.5, 0.6) is 0 Å². The molecule has 0 saturated carbocycles. The molecule has 62 valence electrons. The van der Waals surface area contributed by atoms with Crippen molar-refractivity contribution in [2.24, 2.45) is 11.1 Å². The summed E-state index contributed by atoms with van der Waals surface area (Å²) in [4.78, 5) is 0. The molecular formula is C10H17N. The maximum absolute atomic E-state index is 5.94. The molecule has 1 rings (SSSR count). The number of nitrogens with two attached hydrogens (primary N) is 1. The van der Waals surface area contributed by atoms with E-state index in [1.165, 1.54) is 11.1 Å². The molecule has 1 unspecified atom stereocenters. The maximum Gasteiger partial charge on any atom is 0.0316 e. The van der Waals surface area contributed by atoms with Crippen LogP contribution in [-0.4, -0.2) is 6.04 Å². The van der Waals surface area contributed by atoms with Crippen LogP contribution < -0.4 is 5.73 Å². The predicted molar refractivity (Wildman–Crippen MR) is 49.3 cm³/mol. The average Bonchev–Trinajstić information content (AvgIpc) is 1.95. The molecular weight excluding hydrogens is 134 g/mol. The van der Waals surface area contributed by atoms with Gasteiger partial charge < -0.3 is 5.73 Å². The fourth-order valence-corrected chi connectivity index (χ4v) is 1.37. The smallest absolute Gasteiger partial charge is 0.0316 e. The second-order valence-corrected chi connectivity index (χ2v) is 3.91. The molecule has 1 heteroatoms. The number of hydrogen-bond acceptors (Lipinski definition) is 1. The lowest BCUT2D eigenvalue weighted by atomic mass is 9.73. The third kappa shape index (κ3) is 1.25. The first kappa shape index (κ1) is 8.54.